The highest BCUT2D eigenvalue weighted by molar-refractivity contribution is 5.92. The second kappa shape index (κ2) is 10.9. The van der Waals surface area contributed by atoms with Gasteiger partial charge in [-0.1, -0.05) is 24.8 Å². The molecule has 8 rings (SSSR count). The van der Waals surface area contributed by atoms with Crippen LogP contribution < -0.4 is 9.64 Å². The number of halogens is 3. The first-order chi connectivity index (χ1) is 22.2. The molecule has 1 saturated carbocycles. The van der Waals surface area contributed by atoms with Gasteiger partial charge >= 0.3 is 6.01 Å². The first-order valence-corrected chi connectivity index (χ1v) is 16.0. The lowest BCUT2D eigenvalue weighted by atomic mass is 9.95. The van der Waals surface area contributed by atoms with Crippen molar-refractivity contribution >= 4 is 22.8 Å². The molecule has 238 valence electrons. The van der Waals surface area contributed by atoms with E-state index in [4.69, 9.17) is 21.3 Å². The molecule has 1 aromatic carbocycles. The van der Waals surface area contributed by atoms with Gasteiger partial charge in [0.1, 0.15) is 36.1 Å². The van der Waals surface area contributed by atoms with E-state index in [1.165, 1.54) is 22.1 Å². The van der Waals surface area contributed by atoms with E-state index in [2.05, 4.69) is 27.4 Å². The fourth-order valence-electron chi connectivity index (χ4n) is 8.41. The summed E-state index contributed by atoms with van der Waals surface area (Å²) in [5.41, 5.74) is 3.25. The molecule has 0 N–H and O–H groups in total. The van der Waals surface area contributed by atoms with Crippen molar-refractivity contribution in [3.63, 3.8) is 0 Å². The molecular formula is C34H34F3N7O2. The average Bonchev–Trinajstić information content (AvgIpc) is 3.36. The molecular weight excluding hydrogens is 595 g/mol. The van der Waals surface area contributed by atoms with Crippen molar-refractivity contribution in [2.75, 3.05) is 50.8 Å². The van der Waals surface area contributed by atoms with Crippen LogP contribution in [0.25, 0.3) is 27.1 Å². The summed E-state index contributed by atoms with van der Waals surface area (Å²) >= 11 is 0. The zero-order valence-corrected chi connectivity index (χ0v) is 25.4. The molecule has 12 heteroatoms. The number of ether oxygens (including phenoxy) is 1. The zero-order valence-electron chi connectivity index (χ0n) is 25.4. The van der Waals surface area contributed by atoms with Gasteiger partial charge in [-0.3, -0.25) is 9.69 Å². The SMILES string of the molecule is [C-]#[N+]C[C@H]1CN(c2nc(OCC34CCCN3C[C@H](F)C4)nc3nc(-c4cccc5c4C4CC4C5)c(F)cc23)CCN1C(=O)C(=C)F. The van der Waals surface area contributed by atoms with Crippen molar-refractivity contribution < 1.29 is 22.7 Å². The van der Waals surface area contributed by atoms with Crippen LogP contribution in [-0.4, -0.2) is 94.3 Å². The first-order valence-electron chi connectivity index (χ1n) is 16.0. The molecule has 5 heterocycles. The van der Waals surface area contributed by atoms with Crippen molar-refractivity contribution in [1.29, 1.82) is 0 Å². The smallest absolute Gasteiger partial charge is 0.320 e. The third-order valence-corrected chi connectivity index (χ3v) is 10.6. The van der Waals surface area contributed by atoms with Crippen molar-refractivity contribution in [2.24, 2.45) is 5.92 Å². The standard InChI is InChI=1S/C34H34F3N7O2/c1-19(35)32(45)44-10-9-42(17-23(44)15-38-2)31-26-13-27(37)29(24-6-3-5-20-11-21-12-25(21)28(20)24)39-30(26)40-33(41-31)46-18-34-7-4-8-43(34)16-22(36)14-34/h3,5-6,13,21-23,25H,1,4,7-12,14-18H2/t21?,22-,23+,25?,34?/m1/s1. The topological polar surface area (TPSA) is 79.1 Å². The largest absolute Gasteiger partial charge is 0.461 e. The van der Waals surface area contributed by atoms with Gasteiger partial charge < -0.3 is 19.4 Å². The van der Waals surface area contributed by atoms with Gasteiger partial charge in [0.25, 0.3) is 5.91 Å². The van der Waals surface area contributed by atoms with Gasteiger partial charge in [0.2, 0.25) is 6.54 Å². The minimum atomic E-state index is -1.09. The van der Waals surface area contributed by atoms with E-state index < -0.39 is 35.3 Å². The fraction of sp³-hybridized carbons (Fsp3) is 0.500. The summed E-state index contributed by atoms with van der Waals surface area (Å²) in [4.78, 5) is 35.5. The number of hydrogen-bond acceptors (Lipinski definition) is 7. The number of anilines is 1. The molecule has 3 saturated heterocycles. The van der Waals surface area contributed by atoms with E-state index in [0.717, 1.165) is 37.8 Å². The molecule has 0 spiro atoms. The van der Waals surface area contributed by atoms with E-state index in [0.29, 0.717) is 36.0 Å². The van der Waals surface area contributed by atoms with Gasteiger partial charge in [-0.05, 0) is 61.3 Å². The molecule has 5 atom stereocenters. The summed E-state index contributed by atoms with van der Waals surface area (Å²) in [6.07, 6.45) is 3.36. The molecule has 46 heavy (non-hydrogen) atoms. The average molecular weight is 630 g/mol. The van der Waals surface area contributed by atoms with E-state index >= 15 is 4.39 Å². The Labute approximate surface area is 264 Å². The van der Waals surface area contributed by atoms with Crippen LogP contribution in [-0.2, 0) is 11.2 Å². The minimum Gasteiger partial charge on any atom is -0.461 e. The predicted molar refractivity (Wildman–Crippen MR) is 165 cm³/mol. The van der Waals surface area contributed by atoms with Crippen molar-refractivity contribution in [3.8, 4) is 17.3 Å². The van der Waals surface area contributed by atoms with Crippen LogP contribution in [0, 0.1) is 18.3 Å². The molecule has 5 aliphatic rings. The van der Waals surface area contributed by atoms with Gasteiger partial charge in [-0.15, -0.1) is 0 Å². The number of alkyl halides is 1. The molecule has 2 aromatic heterocycles. The maximum absolute atomic E-state index is 16.1. The van der Waals surface area contributed by atoms with Gasteiger partial charge in [0.05, 0.1) is 10.9 Å². The van der Waals surface area contributed by atoms with Crippen molar-refractivity contribution in [3.05, 3.63) is 65.0 Å². The molecule has 2 aliphatic carbocycles. The van der Waals surface area contributed by atoms with Gasteiger partial charge in [-0.2, -0.15) is 9.97 Å². The van der Waals surface area contributed by atoms with Crippen LogP contribution in [0.2, 0.25) is 0 Å². The van der Waals surface area contributed by atoms with Crippen LogP contribution in [0.5, 0.6) is 6.01 Å². The number of aromatic nitrogens is 3. The van der Waals surface area contributed by atoms with Crippen molar-refractivity contribution in [1.82, 2.24) is 24.8 Å². The number of piperazine rings is 1. The monoisotopic (exact) mass is 629 g/mol. The molecule has 0 radical (unpaired) electrons. The number of fused-ring (bicyclic) bond motifs is 5. The maximum Gasteiger partial charge on any atom is 0.320 e. The van der Waals surface area contributed by atoms with Crippen LogP contribution in [0.1, 0.15) is 42.7 Å². The Balaban J connectivity index is 1.19. The van der Waals surface area contributed by atoms with Gasteiger partial charge in [-0.25, -0.2) is 24.7 Å². The van der Waals surface area contributed by atoms with Crippen LogP contribution >= 0.6 is 0 Å². The lowest BCUT2D eigenvalue weighted by molar-refractivity contribution is -0.131. The highest BCUT2D eigenvalue weighted by atomic mass is 19.1. The van der Waals surface area contributed by atoms with E-state index in [1.54, 1.807) is 0 Å². The molecule has 3 unspecified atom stereocenters. The summed E-state index contributed by atoms with van der Waals surface area (Å²) in [7, 11) is 0. The molecule has 4 fully saturated rings. The Morgan fingerprint density at radius 3 is 2.89 bits per heavy atom. The Morgan fingerprint density at radius 1 is 1.20 bits per heavy atom. The number of nitrogens with zero attached hydrogens (tertiary/aromatic N) is 7. The Kier molecular flexibility index (Phi) is 6.94. The van der Waals surface area contributed by atoms with Crippen LogP contribution in [0.3, 0.4) is 0 Å². The Morgan fingerprint density at radius 2 is 2.07 bits per heavy atom. The lowest BCUT2D eigenvalue weighted by Gasteiger charge is -2.39. The normalized spacial score (nSPS) is 28.1. The quantitative estimate of drug-likeness (QED) is 0.273. The number of carbonyl (C=O) groups excluding carboxylic acids is 1. The molecule has 1 amide bonds. The summed E-state index contributed by atoms with van der Waals surface area (Å²) in [6, 6.07) is 6.79. The molecule has 9 nitrogen and oxygen atoms in total. The van der Waals surface area contributed by atoms with Gasteiger partial charge in [0.15, 0.2) is 11.5 Å². The van der Waals surface area contributed by atoms with E-state index in [-0.39, 0.29) is 50.1 Å². The molecule has 3 aromatic rings. The third kappa shape index (κ3) is 4.78. The number of benzene rings is 1. The van der Waals surface area contributed by atoms with Crippen molar-refractivity contribution in [2.45, 2.75) is 55.8 Å². The zero-order chi connectivity index (χ0) is 31.7. The summed E-state index contributed by atoms with van der Waals surface area (Å²) < 4.78 is 50.7. The Bertz CT molecular complexity index is 1810. The first kappa shape index (κ1) is 29.2. The molecule has 3 aliphatic heterocycles. The number of carbonyl (C=O) groups is 1. The van der Waals surface area contributed by atoms with Gasteiger partial charge in [0, 0.05) is 38.2 Å². The van der Waals surface area contributed by atoms with E-state index in [9.17, 15) is 13.6 Å². The maximum atomic E-state index is 16.1. The summed E-state index contributed by atoms with van der Waals surface area (Å²) in [6.45, 7) is 12.5. The number of pyridine rings is 1. The number of hydrogen-bond donors (Lipinski definition) is 0. The number of amides is 1. The van der Waals surface area contributed by atoms with E-state index in [1.807, 2.05) is 17.0 Å². The molecule has 0 bridgehead atoms. The lowest BCUT2D eigenvalue weighted by Crippen LogP contribution is -2.56. The van der Waals surface area contributed by atoms with Crippen LogP contribution in [0.15, 0.2) is 36.7 Å². The fourth-order valence-corrected chi connectivity index (χ4v) is 8.41. The third-order valence-electron chi connectivity index (χ3n) is 10.6. The predicted octanol–water partition coefficient (Wildman–Crippen LogP) is 4.87. The van der Waals surface area contributed by atoms with Crippen LogP contribution in [0.4, 0.5) is 19.0 Å². The summed E-state index contributed by atoms with van der Waals surface area (Å²) in [5, 5.41) is 0.368. The summed E-state index contributed by atoms with van der Waals surface area (Å²) in [5.74, 6) is -1.02. The highest BCUT2D eigenvalue weighted by Gasteiger charge is 2.50. The number of rotatable bonds is 7. The highest BCUT2D eigenvalue weighted by Crippen LogP contribution is 2.58. The minimum absolute atomic E-state index is 0.0500. The Hall–Kier alpha value is -4.24. The second-order valence-corrected chi connectivity index (χ2v) is 13.4. The second-order valence-electron chi connectivity index (χ2n) is 13.4.